The second-order valence-electron chi connectivity index (χ2n) is 11.0. The molecule has 0 unspecified atom stereocenters. The first-order valence-corrected chi connectivity index (χ1v) is 15.6. The minimum absolute atomic E-state index is 0.0181. The van der Waals surface area contributed by atoms with Gasteiger partial charge in [0.25, 0.3) is 11.5 Å². The Hall–Kier alpha value is -5.60. The molecule has 0 aliphatic carbocycles. The topological polar surface area (TPSA) is 93.4 Å². The molecular weight excluding hydrogens is 639 g/mol. The van der Waals surface area contributed by atoms with E-state index in [1.165, 1.54) is 17.7 Å². The summed E-state index contributed by atoms with van der Waals surface area (Å²) in [7, 11) is 1.52. The number of anilines is 1. The summed E-state index contributed by atoms with van der Waals surface area (Å²) in [6.45, 7) is 4.33. The smallest absolute Gasteiger partial charge is 0.416 e. The molecule has 0 radical (unpaired) electrons. The fourth-order valence-electron chi connectivity index (χ4n) is 4.84. The van der Waals surface area contributed by atoms with Crippen molar-refractivity contribution in [1.29, 1.82) is 5.26 Å². The van der Waals surface area contributed by atoms with Crippen LogP contribution in [-0.4, -0.2) is 17.6 Å². The number of hydrogen-bond donors (Lipinski definition) is 1. The number of benzene rings is 4. The molecule has 0 bridgehead atoms. The molecule has 0 aliphatic heterocycles. The van der Waals surface area contributed by atoms with Gasteiger partial charge in [0.1, 0.15) is 17.3 Å². The van der Waals surface area contributed by atoms with Crippen molar-refractivity contribution >= 4 is 34.6 Å². The van der Waals surface area contributed by atoms with Crippen LogP contribution in [0.15, 0.2) is 102 Å². The number of carbonyl (C=O) groups excluding carboxylic acids is 1. The first-order valence-electron chi connectivity index (χ1n) is 14.8. The van der Waals surface area contributed by atoms with Crippen molar-refractivity contribution in [2.75, 3.05) is 12.4 Å². The molecule has 1 heterocycles. The third-order valence-corrected chi connectivity index (χ3v) is 8.46. The highest BCUT2D eigenvalue weighted by Crippen LogP contribution is 2.31. The minimum atomic E-state index is -4.63. The average molecular weight is 670 g/mol. The molecule has 0 saturated carbocycles. The maximum Gasteiger partial charge on any atom is 0.416 e. The lowest BCUT2D eigenvalue weighted by Gasteiger charge is -2.11. The Morgan fingerprint density at radius 2 is 1.71 bits per heavy atom. The Bertz CT molecular complexity index is 2170. The van der Waals surface area contributed by atoms with Gasteiger partial charge in [0.15, 0.2) is 17.1 Å². The van der Waals surface area contributed by atoms with Crippen LogP contribution in [0, 0.1) is 11.3 Å². The molecule has 7 nitrogen and oxygen atoms in total. The van der Waals surface area contributed by atoms with Gasteiger partial charge >= 0.3 is 6.18 Å². The Balaban J connectivity index is 1.63. The van der Waals surface area contributed by atoms with E-state index >= 15 is 0 Å². The molecule has 11 heteroatoms. The predicted molar refractivity (Wildman–Crippen MR) is 180 cm³/mol. The summed E-state index contributed by atoms with van der Waals surface area (Å²) in [6.07, 6.45) is -3.01. The molecule has 1 N–H and O–H groups in total. The number of amides is 1. The number of alkyl halides is 3. The fraction of sp³-hybridized carbons (Fsp3) is 0.162. The predicted octanol–water partition coefficient (Wildman–Crippen LogP) is 6.77. The van der Waals surface area contributed by atoms with Gasteiger partial charge < -0.3 is 14.8 Å². The van der Waals surface area contributed by atoms with Crippen molar-refractivity contribution in [2.24, 2.45) is 0 Å². The van der Waals surface area contributed by atoms with Crippen LogP contribution in [0.5, 0.6) is 11.5 Å². The highest BCUT2D eigenvalue weighted by molar-refractivity contribution is 7.07. The molecule has 48 heavy (non-hydrogen) atoms. The van der Waals surface area contributed by atoms with E-state index in [1.54, 1.807) is 36.4 Å². The third-order valence-electron chi connectivity index (χ3n) is 7.36. The van der Waals surface area contributed by atoms with E-state index in [0.29, 0.717) is 22.7 Å². The molecule has 0 fully saturated rings. The van der Waals surface area contributed by atoms with E-state index in [9.17, 15) is 28.0 Å². The summed E-state index contributed by atoms with van der Waals surface area (Å²) in [6, 6.07) is 27.9. The summed E-state index contributed by atoms with van der Waals surface area (Å²) < 4.78 is 52.9. The zero-order valence-corrected chi connectivity index (χ0v) is 27.0. The molecule has 0 aliphatic rings. The number of hydrogen-bond acceptors (Lipinski definition) is 6. The van der Waals surface area contributed by atoms with E-state index in [1.807, 2.05) is 62.4 Å². The van der Waals surface area contributed by atoms with E-state index in [0.717, 1.165) is 40.7 Å². The van der Waals surface area contributed by atoms with Gasteiger partial charge in [-0.25, -0.2) is 0 Å². The summed E-state index contributed by atoms with van der Waals surface area (Å²) >= 11 is 0.914. The zero-order valence-electron chi connectivity index (χ0n) is 26.2. The van der Waals surface area contributed by atoms with Crippen LogP contribution in [0.25, 0.3) is 17.3 Å². The highest BCUT2D eigenvalue weighted by Gasteiger charge is 2.30. The number of nitrogens with one attached hydrogen (secondary N) is 1. The number of rotatable bonds is 9. The molecule has 5 aromatic rings. The van der Waals surface area contributed by atoms with Crippen molar-refractivity contribution in [2.45, 2.75) is 32.5 Å². The number of nitrogens with zero attached hydrogens (tertiary/aromatic N) is 2. The number of aromatic nitrogens is 1. The van der Waals surface area contributed by atoms with Crippen LogP contribution in [0.1, 0.15) is 42.0 Å². The van der Waals surface area contributed by atoms with Gasteiger partial charge in [0, 0.05) is 5.69 Å². The van der Waals surface area contributed by atoms with E-state index in [2.05, 4.69) is 5.32 Å². The van der Waals surface area contributed by atoms with Crippen molar-refractivity contribution in [3.63, 3.8) is 0 Å². The molecular formula is C37H30F3N3O4S. The van der Waals surface area contributed by atoms with Gasteiger partial charge in [0.05, 0.1) is 22.9 Å². The lowest BCUT2D eigenvalue weighted by molar-refractivity contribution is -0.137. The quantitative estimate of drug-likeness (QED) is 0.187. The largest absolute Gasteiger partial charge is 0.493 e. The first-order chi connectivity index (χ1) is 23.0. The van der Waals surface area contributed by atoms with Crippen molar-refractivity contribution in [1.82, 2.24) is 4.57 Å². The van der Waals surface area contributed by atoms with Crippen LogP contribution in [0.2, 0.25) is 0 Å². The van der Waals surface area contributed by atoms with Crippen LogP contribution in [0.3, 0.4) is 0 Å². The molecule has 0 spiro atoms. The summed E-state index contributed by atoms with van der Waals surface area (Å²) in [5.74, 6) is 0.192. The van der Waals surface area contributed by atoms with Gasteiger partial charge in [-0.1, -0.05) is 68.4 Å². The standard InChI is InChI=1S/C37H30F3N3O4S/c1-23(2)26-13-15-29(16-14-26)43-35(45)33(19-25-12-17-31(46-3)32(18-25)47-22-24-8-5-4-6-9-24)48-36(43)30(21-41)34(44)42-28-11-7-10-27(20-28)37(38,39)40/h4-20,23H,22H2,1-3H3,(H,42,44). The first kappa shape index (κ1) is 33.8. The van der Waals surface area contributed by atoms with Gasteiger partial charge in [-0.2, -0.15) is 18.4 Å². The van der Waals surface area contributed by atoms with Crippen molar-refractivity contribution < 1.29 is 27.4 Å². The molecule has 4 aromatic carbocycles. The maximum absolute atomic E-state index is 14.0. The summed E-state index contributed by atoms with van der Waals surface area (Å²) in [5.41, 5.74) is 0.935. The number of thiazole rings is 1. The Morgan fingerprint density at radius 3 is 2.35 bits per heavy atom. The molecule has 1 aromatic heterocycles. The van der Waals surface area contributed by atoms with E-state index in [4.69, 9.17) is 9.47 Å². The number of ether oxygens (including phenoxy) is 2. The minimum Gasteiger partial charge on any atom is -0.493 e. The van der Waals surface area contributed by atoms with Crippen LogP contribution in [-0.2, 0) is 17.6 Å². The average Bonchev–Trinajstić information content (AvgIpc) is 3.38. The van der Waals surface area contributed by atoms with Crippen LogP contribution >= 0.6 is 11.3 Å². The molecule has 0 saturated heterocycles. The van der Waals surface area contributed by atoms with Crippen molar-refractivity contribution in [3.05, 3.63) is 139 Å². The number of halogens is 3. The van der Waals surface area contributed by atoms with Crippen LogP contribution < -0.4 is 29.5 Å². The lowest BCUT2D eigenvalue weighted by Crippen LogP contribution is -2.32. The summed E-state index contributed by atoms with van der Waals surface area (Å²) in [5, 5.41) is 12.5. The highest BCUT2D eigenvalue weighted by atomic mass is 32.1. The molecule has 5 rings (SSSR count). The zero-order chi connectivity index (χ0) is 34.4. The summed E-state index contributed by atoms with van der Waals surface area (Å²) in [4.78, 5) is 27.4. The second-order valence-corrected chi connectivity index (χ2v) is 12.0. The number of carbonyl (C=O) groups is 1. The molecule has 0 atom stereocenters. The fourth-order valence-corrected chi connectivity index (χ4v) is 5.94. The number of nitriles is 1. The van der Waals surface area contributed by atoms with E-state index in [-0.39, 0.29) is 27.4 Å². The van der Waals surface area contributed by atoms with Gasteiger partial charge in [-0.3, -0.25) is 14.2 Å². The second kappa shape index (κ2) is 14.4. The molecule has 1 amide bonds. The molecule has 244 valence electrons. The lowest BCUT2D eigenvalue weighted by atomic mass is 10.0. The number of methoxy groups -OCH3 is 1. The van der Waals surface area contributed by atoms with Crippen molar-refractivity contribution in [3.8, 4) is 23.3 Å². The Labute approximate surface area is 278 Å². The van der Waals surface area contributed by atoms with Crippen LogP contribution in [0.4, 0.5) is 18.9 Å². The third kappa shape index (κ3) is 7.67. The SMILES string of the molecule is COc1ccc(C=c2sc(=C(C#N)C(=O)Nc3cccc(C(F)(F)F)c3)n(-c3ccc(C(C)C)cc3)c2=O)cc1OCc1ccccc1. The van der Waals surface area contributed by atoms with Gasteiger partial charge in [-0.15, -0.1) is 11.3 Å². The normalized spacial score (nSPS) is 12.4. The Kier molecular flexibility index (Phi) is 10.2. The van der Waals surface area contributed by atoms with Gasteiger partial charge in [0.2, 0.25) is 0 Å². The van der Waals surface area contributed by atoms with Gasteiger partial charge in [-0.05, 0) is 71.1 Å². The maximum atomic E-state index is 14.0. The van der Waals surface area contributed by atoms with E-state index < -0.39 is 28.8 Å². The monoisotopic (exact) mass is 669 g/mol. The Morgan fingerprint density at radius 1 is 0.979 bits per heavy atom.